The van der Waals surface area contributed by atoms with Crippen LogP contribution in [0, 0.1) is 11.3 Å². The van der Waals surface area contributed by atoms with Crippen molar-refractivity contribution in [3.05, 3.63) is 17.8 Å². The molecule has 0 saturated heterocycles. The summed E-state index contributed by atoms with van der Waals surface area (Å²) in [5, 5.41) is 4.94. The van der Waals surface area contributed by atoms with Gasteiger partial charge in [-0.3, -0.25) is 9.59 Å². The van der Waals surface area contributed by atoms with Gasteiger partial charge < -0.3 is 15.1 Å². The van der Waals surface area contributed by atoms with Crippen LogP contribution in [0.5, 0.6) is 0 Å². The average Bonchev–Trinajstić information content (AvgIpc) is 3.26. The summed E-state index contributed by atoms with van der Waals surface area (Å²) >= 11 is 0. The highest BCUT2D eigenvalue weighted by Gasteiger charge is 2.41. The SMILES string of the molecule is CC(C(=O)NCC(C)(C)CNC(=O)c1coc(C2CC2)n1)C(F)(F)F. The molecule has 0 radical (unpaired) electrons. The quantitative estimate of drug-likeness (QED) is 0.782. The Morgan fingerprint density at radius 2 is 1.88 bits per heavy atom. The first-order valence-corrected chi connectivity index (χ1v) is 8.07. The number of amides is 2. The third-order valence-electron chi connectivity index (χ3n) is 4.03. The smallest absolute Gasteiger partial charge is 0.400 e. The lowest BCUT2D eigenvalue weighted by Crippen LogP contribution is -2.45. The summed E-state index contributed by atoms with van der Waals surface area (Å²) in [7, 11) is 0. The van der Waals surface area contributed by atoms with Crippen molar-refractivity contribution < 1.29 is 27.2 Å². The lowest BCUT2D eigenvalue weighted by molar-refractivity contribution is -0.179. The Labute approximate surface area is 143 Å². The van der Waals surface area contributed by atoms with Crippen molar-refractivity contribution in [1.82, 2.24) is 15.6 Å². The lowest BCUT2D eigenvalue weighted by atomic mass is 9.93. The van der Waals surface area contributed by atoms with E-state index in [1.807, 2.05) is 0 Å². The summed E-state index contributed by atoms with van der Waals surface area (Å²) in [4.78, 5) is 27.7. The molecule has 1 aromatic rings. The molecule has 1 heterocycles. The van der Waals surface area contributed by atoms with E-state index in [2.05, 4.69) is 15.6 Å². The average molecular weight is 361 g/mol. The van der Waals surface area contributed by atoms with E-state index in [4.69, 9.17) is 4.42 Å². The second-order valence-corrected chi connectivity index (χ2v) is 7.17. The Kier molecular flexibility index (Phi) is 5.43. The first-order valence-electron chi connectivity index (χ1n) is 8.07. The van der Waals surface area contributed by atoms with Crippen molar-refractivity contribution in [2.75, 3.05) is 13.1 Å². The van der Waals surface area contributed by atoms with Gasteiger partial charge in [0.05, 0.1) is 0 Å². The van der Waals surface area contributed by atoms with Crippen LogP contribution >= 0.6 is 0 Å². The first kappa shape index (κ1) is 19.3. The third kappa shape index (κ3) is 5.47. The topological polar surface area (TPSA) is 84.2 Å². The fraction of sp³-hybridized carbons (Fsp3) is 0.688. The lowest BCUT2D eigenvalue weighted by Gasteiger charge is -2.26. The van der Waals surface area contributed by atoms with Crippen LogP contribution in [-0.2, 0) is 4.79 Å². The molecule has 2 rings (SSSR count). The molecule has 0 bridgehead atoms. The summed E-state index contributed by atoms with van der Waals surface area (Å²) < 4.78 is 42.7. The van der Waals surface area contributed by atoms with E-state index in [9.17, 15) is 22.8 Å². The summed E-state index contributed by atoms with van der Waals surface area (Å²) in [6, 6.07) is 0. The number of hydrogen-bond donors (Lipinski definition) is 2. The molecule has 9 heteroatoms. The van der Waals surface area contributed by atoms with Crippen LogP contribution in [0.2, 0.25) is 0 Å². The molecule has 1 aliphatic rings. The van der Waals surface area contributed by atoms with Crippen molar-refractivity contribution >= 4 is 11.8 Å². The third-order valence-corrected chi connectivity index (χ3v) is 4.03. The fourth-order valence-corrected chi connectivity index (χ4v) is 2.01. The number of alkyl halides is 3. The standard InChI is InChI=1S/C16H22F3N3O3/c1-9(16(17,18)19)12(23)20-7-15(2,3)8-21-13(24)11-6-25-14(22-11)10-4-5-10/h6,9-10H,4-5,7-8H2,1-3H3,(H,20,23)(H,21,24). The fourth-order valence-electron chi connectivity index (χ4n) is 2.01. The first-order chi connectivity index (χ1) is 11.5. The van der Waals surface area contributed by atoms with Gasteiger partial charge in [0.25, 0.3) is 5.91 Å². The van der Waals surface area contributed by atoms with Crippen LogP contribution in [0.15, 0.2) is 10.7 Å². The maximum atomic E-state index is 12.5. The van der Waals surface area contributed by atoms with E-state index in [0.717, 1.165) is 19.8 Å². The highest BCUT2D eigenvalue weighted by Crippen LogP contribution is 2.39. The second-order valence-electron chi connectivity index (χ2n) is 7.17. The van der Waals surface area contributed by atoms with Crippen LogP contribution in [-0.4, -0.2) is 36.1 Å². The van der Waals surface area contributed by atoms with E-state index in [1.165, 1.54) is 6.26 Å². The number of halogens is 3. The van der Waals surface area contributed by atoms with Gasteiger partial charge in [-0.25, -0.2) is 4.98 Å². The minimum absolute atomic E-state index is 0.00132. The van der Waals surface area contributed by atoms with E-state index in [1.54, 1.807) is 13.8 Å². The Morgan fingerprint density at radius 1 is 1.28 bits per heavy atom. The normalized spacial score (nSPS) is 16.4. The van der Waals surface area contributed by atoms with Crippen LogP contribution < -0.4 is 10.6 Å². The molecular weight excluding hydrogens is 339 g/mol. The molecule has 1 saturated carbocycles. The van der Waals surface area contributed by atoms with Crippen molar-refractivity contribution in [1.29, 1.82) is 0 Å². The Balaban J connectivity index is 1.79. The molecule has 0 aliphatic heterocycles. The predicted molar refractivity (Wildman–Crippen MR) is 82.8 cm³/mol. The molecule has 1 atom stereocenters. The minimum Gasteiger partial charge on any atom is -0.448 e. The van der Waals surface area contributed by atoms with Gasteiger partial charge >= 0.3 is 6.18 Å². The number of nitrogens with one attached hydrogen (secondary N) is 2. The van der Waals surface area contributed by atoms with Gasteiger partial charge in [-0.1, -0.05) is 13.8 Å². The zero-order valence-corrected chi connectivity index (χ0v) is 14.4. The van der Waals surface area contributed by atoms with Gasteiger partial charge in [0, 0.05) is 19.0 Å². The van der Waals surface area contributed by atoms with E-state index >= 15 is 0 Å². The Hall–Kier alpha value is -2.06. The number of aromatic nitrogens is 1. The van der Waals surface area contributed by atoms with E-state index in [-0.39, 0.29) is 18.8 Å². The van der Waals surface area contributed by atoms with Gasteiger partial charge in [-0.15, -0.1) is 0 Å². The Bertz CT molecular complexity index is 636. The molecule has 0 spiro atoms. The molecule has 25 heavy (non-hydrogen) atoms. The van der Waals surface area contributed by atoms with Crippen LogP contribution in [0.4, 0.5) is 13.2 Å². The van der Waals surface area contributed by atoms with Crippen molar-refractivity contribution in [2.24, 2.45) is 11.3 Å². The maximum Gasteiger partial charge on any atom is 0.400 e. The number of carbonyl (C=O) groups excluding carboxylic acids is 2. The molecule has 6 nitrogen and oxygen atoms in total. The van der Waals surface area contributed by atoms with Gasteiger partial charge in [-0.05, 0) is 25.2 Å². The van der Waals surface area contributed by atoms with Crippen molar-refractivity contribution in [2.45, 2.75) is 45.7 Å². The van der Waals surface area contributed by atoms with Crippen molar-refractivity contribution in [3.8, 4) is 0 Å². The molecule has 2 amide bonds. The van der Waals surface area contributed by atoms with Gasteiger partial charge in [0.15, 0.2) is 11.6 Å². The number of hydrogen-bond acceptors (Lipinski definition) is 4. The monoisotopic (exact) mass is 361 g/mol. The molecular formula is C16H22F3N3O3. The summed E-state index contributed by atoms with van der Waals surface area (Å²) in [6.45, 7) is 4.43. The van der Waals surface area contributed by atoms with Crippen molar-refractivity contribution in [3.63, 3.8) is 0 Å². The second kappa shape index (κ2) is 7.05. The largest absolute Gasteiger partial charge is 0.448 e. The van der Waals surface area contributed by atoms with E-state index in [0.29, 0.717) is 11.8 Å². The zero-order chi connectivity index (χ0) is 18.8. The number of oxazole rings is 1. The van der Waals surface area contributed by atoms with Crippen LogP contribution in [0.25, 0.3) is 0 Å². The molecule has 1 fully saturated rings. The molecule has 2 N–H and O–H groups in total. The van der Waals surface area contributed by atoms with Gasteiger partial charge in [-0.2, -0.15) is 13.2 Å². The summed E-state index contributed by atoms with van der Waals surface area (Å²) in [6.07, 6.45) is -1.27. The highest BCUT2D eigenvalue weighted by atomic mass is 19.4. The molecule has 140 valence electrons. The van der Waals surface area contributed by atoms with Gasteiger partial charge in [0.2, 0.25) is 5.91 Å². The predicted octanol–water partition coefficient (Wildman–Crippen LogP) is 2.62. The zero-order valence-electron chi connectivity index (χ0n) is 14.4. The Morgan fingerprint density at radius 3 is 2.44 bits per heavy atom. The van der Waals surface area contributed by atoms with Crippen LogP contribution in [0.1, 0.15) is 55.9 Å². The number of carbonyl (C=O) groups is 2. The minimum atomic E-state index is -4.57. The number of nitrogens with zero attached hydrogens (tertiary/aromatic N) is 1. The van der Waals surface area contributed by atoms with E-state index < -0.39 is 29.3 Å². The molecule has 1 aliphatic carbocycles. The maximum absolute atomic E-state index is 12.5. The highest BCUT2D eigenvalue weighted by molar-refractivity contribution is 5.91. The van der Waals surface area contributed by atoms with Gasteiger partial charge in [0.1, 0.15) is 12.2 Å². The summed E-state index contributed by atoms with van der Waals surface area (Å²) in [5.41, 5.74) is -0.452. The number of rotatable bonds is 7. The molecule has 1 unspecified atom stereocenters. The molecule has 1 aromatic heterocycles. The summed E-state index contributed by atoms with van der Waals surface area (Å²) in [5.74, 6) is -2.73. The molecule has 0 aromatic carbocycles. The van der Waals surface area contributed by atoms with Crippen LogP contribution in [0.3, 0.4) is 0 Å².